The molecular formula is C10H15N3S. The Morgan fingerprint density at radius 3 is 2.93 bits per heavy atom. The van der Waals surface area contributed by atoms with Gasteiger partial charge in [0.25, 0.3) is 0 Å². The van der Waals surface area contributed by atoms with Gasteiger partial charge in [-0.3, -0.25) is 0 Å². The van der Waals surface area contributed by atoms with Crippen LogP contribution in [0, 0.1) is 12.3 Å². The summed E-state index contributed by atoms with van der Waals surface area (Å²) in [6.45, 7) is 3.49. The van der Waals surface area contributed by atoms with Crippen molar-refractivity contribution < 1.29 is 0 Å². The average Bonchev–Trinajstić information content (AvgIpc) is 2.69. The molecule has 14 heavy (non-hydrogen) atoms. The monoisotopic (exact) mass is 209 g/mol. The fourth-order valence-corrected chi connectivity index (χ4v) is 1.65. The van der Waals surface area contributed by atoms with E-state index in [0.717, 1.165) is 26.1 Å². The third kappa shape index (κ3) is 4.97. The number of hydrogen-bond donors (Lipinski definition) is 2. The third-order valence-corrected chi connectivity index (χ3v) is 2.54. The van der Waals surface area contributed by atoms with Crippen molar-refractivity contribution in [1.29, 1.82) is 0 Å². The van der Waals surface area contributed by atoms with Gasteiger partial charge in [-0.25, -0.2) is 4.98 Å². The van der Waals surface area contributed by atoms with Crippen LogP contribution in [-0.2, 0) is 6.42 Å². The van der Waals surface area contributed by atoms with Crippen LogP contribution in [0.4, 0.5) is 0 Å². The molecule has 0 spiro atoms. The summed E-state index contributed by atoms with van der Waals surface area (Å²) in [5.41, 5.74) is 0. The van der Waals surface area contributed by atoms with Crippen LogP contribution >= 0.6 is 11.3 Å². The zero-order valence-corrected chi connectivity index (χ0v) is 8.94. The maximum Gasteiger partial charge on any atom is 0.0937 e. The first-order valence-corrected chi connectivity index (χ1v) is 5.54. The second kappa shape index (κ2) is 7.51. The molecule has 3 nitrogen and oxygen atoms in total. The van der Waals surface area contributed by atoms with Gasteiger partial charge in [0.2, 0.25) is 0 Å². The zero-order chi connectivity index (χ0) is 10.1. The smallest absolute Gasteiger partial charge is 0.0937 e. The van der Waals surface area contributed by atoms with Crippen LogP contribution in [-0.4, -0.2) is 31.2 Å². The SMILES string of the molecule is C#CCNCCNCCc1nccs1. The van der Waals surface area contributed by atoms with Crippen molar-refractivity contribution in [3.8, 4) is 12.3 Å². The van der Waals surface area contributed by atoms with Gasteiger partial charge in [-0.1, -0.05) is 5.92 Å². The van der Waals surface area contributed by atoms with Crippen molar-refractivity contribution in [2.75, 3.05) is 26.2 Å². The van der Waals surface area contributed by atoms with E-state index in [4.69, 9.17) is 6.42 Å². The fraction of sp³-hybridized carbons (Fsp3) is 0.500. The van der Waals surface area contributed by atoms with Crippen molar-refractivity contribution >= 4 is 11.3 Å². The number of rotatable bonds is 7. The van der Waals surface area contributed by atoms with Gasteiger partial charge >= 0.3 is 0 Å². The summed E-state index contributed by atoms with van der Waals surface area (Å²) >= 11 is 1.70. The molecule has 76 valence electrons. The minimum absolute atomic E-state index is 0.647. The molecule has 1 aromatic heterocycles. The average molecular weight is 209 g/mol. The Labute approximate surface area is 88.9 Å². The molecule has 0 aliphatic rings. The van der Waals surface area contributed by atoms with E-state index in [1.165, 1.54) is 5.01 Å². The lowest BCUT2D eigenvalue weighted by Gasteiger charge is -2.02. The summed E-state index contributed by atoms with van der Waals surface area (Å²) < 4.78 is 0. The standard InChI is InChI=1S/C10H15N3S/c1-2-4-11-6-7-12-5-3-10-13-8-9-14-10/h1,8-9,11-12H,3-7H2. The maximum atomic E-state index is 5.09. The van der Waals surface area contributed by atoms with Gasteiger partial charge in [-0.2, -0.15) is 0 Å². The molecule has 0 fully saturated rings. The number of nitrogens with zero attached hydrogens (tertiary/aromatic N) is 1. The lowest BCUT2D eigenvalue weighted by Crippen LogP contribution is -2.28. The fourth-order valence-electron chi connectivity index (χ4n) is 1.03. The van der Waals surface area contributed by atoms with Crippen LogP contribution in [0.5, 0.6) is 0 Å². The molecule has 0 atom stereocenters. The Bertz CT molecular complexity index is 263. The first-order valence-electron chi connectivity index (χ1n) is 4.66. The topological polar surface area (TPSA) is 37.0 Å². The highest BCUT2D eigenvalue weighted by molar-refractivity contribution is 7.09. The number of terminal acetylenes is 1. The van der Waals surface area contributed by atoms with Crippen molar-refractivity contribution in [3.05, 3.63) is 16.6 Å². The van der Waals surface area contributed by atoms with Crippen LogP contribution in [0.25, 0.3) is 0 Å². The van der Waals surface area contributed by atoms with Gasteiger partial charge in [-0.15, -0.1) is 17.8 Å². The number of nitrogens with one attached hydrogen (secondary N) is 2. The normalized spacial score (nSPS) is 9.93. The maximum absolute atomic E-state index is 5.09. The predicted octanol–water partition coefficient (Wildman–Crippen LogP) is 0.498. The molecule has 0 bridgehead atoms. The van der Waals surface area contributed by atoms with E-state index in [0.29, 0.717) is 6.54 Å². The molecule has 1 heterocycles. The molecule has 0 saturated heterocycles. The molecule has 0 aliphatic heterocycles. The van der Waals surface area contributed by atoms with Gasteiger partial charge < -0.3 is 10.6 Å². The third-order valence-electron chi connectivity index (χ3n) is 1.70. The highest BCUT2D eigenvalue weighted by Crippen LogP contribution is 2.02. The highest BCUT2D eigenvalue weighted by Gasteiger charge is 1.93. The van der Waals surface area contributed by atoms with Gasteiger partial charge in [0.1, 0.15) is 0 Å². The Morgan fingerprint density at radius 1 is 1.36 bits per heavy atom. The lowest BCUT2D eigenvalue weighted by molar-refractivity contribution is 0.636. The van der Waals surface area contributed by atoms with E-state index in [-0.39, 0.29) is 0 Å². The van der Waals surface area contributed by atoms with Gasteiger partial charge in [0.05, 0.1) is 11.6 Å². The van der Waals surface area contributed by atoms with Crippen molar-refractivity contribution in [3.63, 3.8) is 0 Å². The first kappa shape index (κ1) is 11.2. The van der Waals surface area contributed by atoms with Crippen molar-refractivity contribution in [2.45, 2.75) is 6.42 Å². The van der Waals surface area contributed by atoms with Gasteiger partial charge in [0.15, 0.2) is 0 Å². The molecule has 0 amide bonds. The Balaban J connectivity index is 1.88. The van der Waals surface area contributed by atoms with Crippen LogP contribution < -0.4 is 10.6 Å². The van der Waals surface area contributed by atoms with E-state index in [1.54, 1.807) is 11.3 Å². The number of aromatic nitrogens is 1. The summed E-state index contributed by atoms with van der Waals surface area (Å²) in [7, 11) is 0. The molecule has 4 heteroatoms. The van der Waals surface area contributed by atoms with Crippen LogP contribution in [0.15, 0.2) is 11.6 Å². The van der Waals surface area contributed by atoms with Crippen LogP contribution in [0.1, 0.15) is 5.01 Å². The van der Waals surface area contributed by atoms with E-state index >= 15 is 0 Å². The predicted molar refractivity (Wildman–Crippen MR) is 60.4 cm³/mol. The summed E-state index contributed by atoms with van der Waals surface area (Å²) in [5.74, 6) is 2.53. The van der Waals surface area contributed by atoms with Gasteiger partial charge in [0, 0.05) is 37.6 Å². The van der Waals surface area contributed by atoms with E-state index in [9.17, 15) is 0 Å². The Hall–Kier alpha value is -0.890. The van der Waals surface area contributed by atoms with Crippen LogP contribution in [0.2, 0.25) is 0 Å². The molecule has 0 saturated carbocycles. The second-order valence-electron chi connectivity index (χ2n) is 2.81. The molecule has 1 rings (SSSR count). The Morgan fingerprint density at radius 2 is 2.21 bits per heavy atom. The highest BCUT2D eigenvalue weighted by atomic mass is 32.1. The molecule has 0 radical (unpaired) electrons. The molecular weight excluding hydrogens is 194 g/mol. The minimum Gasteiger partial charge on any atom is -0.315 e. The quantitative estimate of drug-likeness (QED) is 0.507. The summed E-state index contributed by atoms with van der Waals surface area (Å²) in [5, 5.41) is 9.63. The minimum atomic E-state index is 0.647. The van der Waals surface area contributed by atoms with Crippen molar-refractivity contribution in [1.82, 2.24) is 15.6 Å². The van der Waals surface area contributed by atoms with Gasteiger partial charge in [-0.05, 0) is 0 Å². The van der Waals surface area contributed by atoms with Crippen molar-refractivity contribution in [2.24, 2.45) is 0 Å². The van der Waals surface area contributed by atoms with E-state index in [1.807, 2.05) is 11.6 Å². The molecule has 0 aliphatic carbocycles. The summed E-state index contributed by atoms with van der Waals surface area (Å²) in [6.07, 6.45) is 7.94. The number of thiazole rings is 1. The summed E-state index contributed by atoms with van der Waals surface area (Å²) in [4.78, 5) is 4.20. The largest absolute Gasteiger partial charge is 0.315 e. The molecule has 1 aromatic rings. The molecule has 0 aromatic carbocycles. The first-order chi connectivity index (χ1) is 6.93. The molecule has 2 N–H and O–H groups in total. The zero-order valence-electron chi connectivity index (χ0n) is 8.12. The molecule has 0 unspecified atom stereocenters. The van der Waals surface area contributed by atoms with E-state index in [2.05, 4.69) is 21.5 Å². The number of hydrogen-bond acceptors (Lipinski definition) is 4. The van der Waals surface area contributed by atoms with E-state index < -0.39 is 0 Å². The van der Waals surface area contributed by atoms with Crippen LogP contribution in [0.3, 0.4) is 0 Å². The summed E-state index contributed by atoms with van der Waals surface area (Å²) in [6, 6.07) is 0. The Kier molecular flexibility index (Phi) is 6.00. The lowest BCUT2D eigenvalue weighted by atomic mass is 10.4. The second-order valence-corrected chi connectivity index (χ2v) is 3.79.